The maximum Gasteiger partial charge on any atom is 0.235 e. The van der Waals surface area contributed by atoms with Gasteiger partial charge >= 0.3 is 0 Å². The molecule has 0 aliphatic carbocycles. The lowest BCUT2D eigenvalue weighted by Gasteiger charge is -2.31. The van der Waals surface area contributed by atoms with Crippen molar-refractivity contribution in [3.8, 4) is 17.2 Å². The van der Waals surface area contributed by atoms with Crippen molar-refractivity contribution in [1.29, 1.82) is 0 Å². The first-order valence-electron chi connectivity index (χ1n) is 14.0. The van der Waals surface area contributed by atoms with Crippen molar-refractivity contribution < 1.29 is 19.0 Å². The SMILES string of the molecule is CCCCCCCCCCCCCCCCC1(c2cc(OC)c(OC)c(OC)c2)NC(C(N)=O)CS1. The molecule has 36 heavy (non-hydrogen) atoms. The zero-order valence-corrected chi connectivity index (χ0v) is 24.0. The van der Waals surface area contributed by atoms with E-state index in [4.69, 9.17) is 19.9 Å². The predicted molar refractivity (Wildman–Crippen MR) is 151 cm³/mol. The molecule has 3 N–H and O–H groups in total. The number of nitrogens with two attached hydrogens (primary N) is 1. The molecule has 1 fully saturated rings. The van der Waals surface area contributed by atoms with E-state index < -0.39 is 4.87 Å². The number of primary amides is 1. The molecule has 206 valence electrons. The molecule has 1 heterocycles. The molecule has 1 aliphatic heterocycles. The molecule has 2 atom stereocenters. The van der Waals surface area contributed by atoms with E-state index in [1.165, 1.54) is 83.5 Å². The molecule has 1 amide bonds. The van der Waals surface area contributed by atoms with E-state index in [1.54, 1.807) is 33.1 Å². The van der Waals surface area contributed by atoms with E-state index in [9.17, 15) is 4.79 Å². The van der Waals surface area contributed by atoms with Crippen LogP contribution in [0.4, 0.5) is 0 Å². The van der Waals surface area contributed by atoms with Crippen molar-refractivity contribution in [2.45, 2.75) is 114 Å². The van der Waals surface area contributed by atoms with Gasteiger partial charge in [0.2, 0.25) is 11.7 Å². The number of methoxy groups -OCH3 is 3. The third-order valence-corrected chi connectivity index (χ3v) is 8.81. The highest BCUT2D eigenvalue weighted by molar-refractivity contribution is 8.00. The maximum atomic E-state index is 11.9. The fourth-order valence-corrected chi connectivity index (χ4v) is 6.58. The lowest BCUT2D eigenvalue weighted by molar-refractivity contribution is -0.119. The van der Waals surface area contributed by atoms with Crippen LogP contribution in [0.25, 0.3) is 0 Å². The van der Waals surface area contributed by atoms with Gasteiger partial charge < -0.3 is 19.9 Å². The van der Waals surface area contributed by atoms with Crippen molar-refractivity contribution in [3.63, 3.8) is 0 Å². The van der Waals surface area contributed by atoms with Crippen LogP contribution in [-0.4, -0.2) is 39.0 Å². The van der Waals surface area contributed by atoms with Crippen LogP contribution in [0.15, 0.2) is 12.1 Å². The summed E-state index contributed by atoms with van der Waals surface area (Å²) in [5.74, 6) is 2.17. The molecule has 1 aromatic rings. The highest BCUT2D eigenvalue weighted by atomic mass is 32.2. The number of unbranched alkanes of at least 4 members (excludes halogenated alkanes) is 13. The molecule has 1 aromatic carbocycles. The molecule has 0 radical (unpaired) electrons. The molecule has 0 aromatic heterocycles. The van der Waals surface area contributed by atoms with Crippen LogP contribution in [0.2, 0.25) is 0 Å². The smallest absolute Gasteiger partial charge is 0.235 e. The summed E-state index contributed by atoms with van der Waals surface area (Å²) in [6.45, 7) is 2.28. The van der Waals surface area contributed by atoms with Crippen molar-refractivity contribution >= 4 is 17.7 Å². The number of thioether (sulfide) groups is 1. The first kappa shape index (κ1) is 30.6. The molecule has 0 spiro atoms. The number of nitrogens with one attached hydrogen (secondary N) is 1. The number of benzene rings is 1. The first-order valence-corrected chi connectivity index (χ1v) is 15.0. The van der Waals surface area contributed by atoms with Gasteiger partial charge in [-0.05, 0) is 24.1 Å². The standard InChI is InChI=1S/C29H50N2O4S/c1-5-6-7-8-9-10-11-12-13-14-15-16-17-18-19-29(31-24(22-36-29)28(30)32)23-20-25(33-2)27(35-4)26(21-23)34-3/h20-21,24,31H,5-19,22H2,1-4H3,(H2,30,32). The van der Waals surface area contributed by atoms with Crippen LogP contribution < -0.4 is 25.3 Å². The van der Waals surface area contributed by atoms with Gasteiger partial charge in [0.25, 0.3) is 0 Å². The molecule has 7 heteroatoms. The molecular formula is C29H50N2O4S. The van der Waals surface area contributed by atoms with Crippen LogP contribution in [0.3, 0.4) is 0 Å². The van der Waals surface area contributed by atoms with Gasteiger partial charge in [-0.15, -0.1) is 11.8 Å². The fraction of sp³-hybridized carbons (Fsp3) is 0.759. The third-order valence-electron chi connectivity index (χ3n) is 7.26. The van der Waals surface area contributed by atoms with Crippen molar-refractivity contribution in [1.82, 2.24) is 5.32 Å². The summed E-state index contributed by atoms with van der Waals surface area (Å²) in [4.78, 5) is 11.5. The second-order valence-corrected chi connectivity index (χ2v) is 11.3. The Kier molecular flexibility index (Phi) is 14.5. The van der Waals surface area contributed by atoms with Crippen LogP contribution >= 0.6 is 11.8 Å². The molecule has 2 rings (SSSR count). The monoisotopic (exact) mass is 522 g/mol. The van der Waals surface area contributed by atoms with E-state index in [0.717, 1.165) is 18.4 Å². The third kappa shape index (κ3) is 9.37. The highest BCUT2D eigenvalue weighted by Gasteiger charge is 2.43. The molecule has 1 saturated heterocycles. The summed E-state index contributed by atoms with van der Waals surface area (Å²) in [6, 6.07) is 3.64. The maximum absolute atomic E-state index is 11.9. The van der Waals surface area contributed by atoms with E-state index in [2.05, 4.69) is 12.2 Å². The van der Waals surface area contributed by atoms with Gasteiger partial charge in [0.1, 0.15) is 0 Å². The zero-order chi connectivity index (χ0) is 26.2. The topological polar surface area (TPSA) is 82.8 Å². The number of rotatable bonds is 20. The quantitative estimate of drug-likeness (QED) is 0.181. The Labute approximate surface area is 223 Å². The number of hydrogen-bond acceptors (Lipinski definition) is 6. The summed E-state index contributed by atoms with van der Waals surface area (Å²) in [5, 5.41) is 3.54. The van der Waals surface area contributed by atoms with E-state index in [0.29, 0.717) is 23.0 Å². The minimum absolute atomic E-state index is 0.308. The van der Waals surface area contributed by atoms with Gasteiger partial charge in [0, 0.05) is 5.75 Å². The van der Waals surface area contributed by atoms with E-state index >= 15 is 0 Å². The van der Waals surface area contributed by atoms with Crippen LogP contribution in [0.1, 0.15) is 109 Å². The van der Waals surface area contributed by atoms with E-state index in [1.807, 2.05) is 12.1 Å². The number of carbonyl (C=O) groups is 1. The summed E-state index contributed by atoms with van der Waals surface area (Å²) >= 11 is 1.75. The Bertz CT molecular complexity index is 751. The summed E-state index contributed by atoms with van der Waals surface area (Å²) in [6.07, 6.45) is 19.6. The Balaban J connectivity index is 1.82. The summed E-state index contributed by atoms with van der Waals surface area (Å²) < 4.78 is 16.7. The normalized spacial score (nSPS) is 19.4. The van der Waals surface area contributed by atoms with Gasteiger partial charge in [0.15, 0.2) is 11.5 Å². The molecule has 0 bridgehead atoms. The van der Waals surface area contributed by atoms with Crippen LogP contribution in [0.5, 0.6) is 17.2 Å². The van der Waals surface area contributed by atoms with Crippen molar-refractivity contribution in [3.05, 3.63) is 17.7 Å². The molecule has 0 saturated carbocycles. The highest BCUT2D eigenvalue weighted by Crippen LogP contribution is 2.48. The number of carbonyl (C=O) groups excluding carboxylic acids is 1. The minimum atomic E-state index is -0.399. The van der Waals surface area contributed by atoms with Gasteiger partial charge in [-0.2, -0.15) is 0 Å². The first-order chi connectivity index (χ1) is 17.5. The van der Waals surface area contributed by atoms with Gasteiger partial charge in [-0.25, -0.2) is 0 Å². The average molecular weight is 523 g/mol. The summed E-state index contributed by atoms with van der Waals surface area (Å²) in [5.41, 5.74) is 6.68. The molecular weight excluding hydrogens is 472 g/mol. The predicted octanol–water partition coefficient (Wildman–Crippen LogP) is 6.93. The van der Waals surface area contributed by atoms with Gasteiger partial charge in [-0.3, -0.25) is 10.1 Å². The fourth-order valence-electron chi connectivity index (χ4n) is 5.08. The Hall–Kier alpha value is -1.60. The second kappa shape index (κ2) is 17.0. The molecule has 6 nitrogen and oxygen atoms in total. The molecule has 2 unspecified atom stereocenters. The second-order valence-electron chi connectivity index (χ2n) is 10.00. The Morgan fingerprint density at radius 2 is 1.33 bits per heavy atom. The minimum Gasteiger partial charge on any atom is -0.493 e. The molecule has 1 aliphatic rings. The lowest BCUT2D eigenvalue weighted by Crippen LogP contribution is -2.46. The number of amides is 1. The van der Waals surface area contributed by atoms with Crippen LogP contribution in [-0.2, 0) is 9.67 Å². The Morgan fingerprint density at radius 1 is 0.861 bits per heavy atom. The average Bonchev–Trinajstić information content (AvgIpc) is 3.34. The lowest BCUT2D eigenvalue weighted by atomic mass is 9.97. The number of ether oxygens (including phenoxy) is 3. The van der Waals surface area contributed by atoms with Crippen LogP contribution in [0, 0.1) is 0 Å². The largest absolute Gasteiger partial charge is 0.493 e. The zero-order valence-electron chi connectivity index (χ0n) is 23.2. The number of hydrogen-bond donors (Lipinski definition) is 2. The Morgan fingerprint density at radius 3 is 1.72 bits per heavy atom. The van der Waals surface area contributed by atoms with Gasteiger partial charge in [0.05, 0.1) is 32.2 Å². The summed E-state index contributed by atoms with van der Waals surface area (Å²) in [7, 11) is 4.86. The van der Waals surface area contributed by atoms with E-state index in [-0.39, 0.29) is 11.9 Å². The van der Waals surface area contributed by atoms with Crippen molar-refractivity contribution in [2.24, 2.45) is 5.73 Å². The van der Waals surface area contributed by atoms with Gasteiger partial charge in [-0.1, -0.05) is 96.8 Å². The van der Waals surface area contributed by atoms with Crippen molar-refractivity contribution in [2.75, 3.05) is 27.1 Å².